The lowest BCUT2D eigenvalue weighted by molar-refractivity contribution is -0.139. The fourth-order valence-electron chi connectivity index (χ4n) is 1.47. The lowest BCUT2D eigenvalue weighted by Crippen LogP contribution is -2.40. The molecule has 0 aliphatic carbocycles. The van der Waals surface area contributed by atoms with Crippen molar-refractivity contribution in [3.8, 4) is 0 Å². The number of benzene rings is 1. The summed E-state index contributed by atoms with van der Waals surface area (Å²) in [6.07, 6.45) is 0.809. The van der Waals surface area contributed by atoms with Crippen LogP contribution in [-0.4, -0.2) is 25.5 Å². The highest BCUT2D eigenvalue weighted by atomic mass is 79.9. The van der Waals surface area contributed by atoms with E-state index in [0.717, 1.165) is 4.47 Å². The summed E-state index contributed by atoms with van der Waals surface area (Å²) in [5, 5.41) is 8.98. The number of rotatable bonds is 6. The summed E-state index contributed by atoms with van der Waals surface area (Å²) in [6, 6.07) is 3.45. The molecular formula is C11H13Br2NO4S. The molecule has 0 fully saturated rings. The van der Waals surface area contributed by atoms with Crippen molar-refractivity contribution >= 4 is 47.9 Å². The van der Waals surface area contributed by atoms with Crippen LogP contribution < -0.4 is 4.72 Å². The molecule has 1 rings (SSSR count). The second-order valence-corrected chi connectivity index (χ2v) is 7.33. The zero-order valence-corrected chi connectivity index (χ0v) is 14.0. The van der Waals surface area contributed by atoms with Crippen molar-refractivity contribution in [2.75, 3.05) is 0 Å². The van der Waals surface area contributed by atoms with Crippen LogP contribution >= 0.6 is 31.9 Å². The average Bonchev–Trinajstić information content (AvgIpc) is 2.27. The lowest BCUT2D eigenvalue weighted by Gasteiger charge is -2.14. The highest BCUT2D eigenvalue weighted by Gasteiger charge is 2.26. The maximum atomic E-state index is 12.1. The molecule has 0 aromatic heterocycles. The van der Waals surface area contributed by atoms with E-state index in [1.165, 1.54) is 6.07 Å². The zero-order valence-electron chi connectivity index (χ0n) is 10.1. The molecule has 0 heterocycles. The smallest absolute Gasteiger partial charge is 0.321 e. The second kappa shape index (κ2) is 6.83. The Morgan fingerprint density at radius 2 is 2.05 bits per heavy atom. The molecule has 1 aromatic carbocycles. The topological polar surface area (TPSA) is 83.5 Å². The Kier molecular flexibility index (Phi) is 5.97. The molecule has 1 unspecified atom stereocenters. The number of hydrogen-bond acceptors (Lipinski definition) is 3. The van der Waals surface area contributed by atoms with Gasteiger partial charge < -0.3 is 5.11 Å². The van der Waals surface area contributed by atoms with Gasteiger partial charge in [-0.2, -0.15) is 4.72 Å². The van der Waals surface area contributed by atoms with Crippen LogP contribution in [0.3, 0.4) is 0 Å². The van der Waals surface area contributed by atoms with E-state index in [-0.39, 0.29) is 11.3 Å². The van der Waals surface area contributed by atoms with Crippen LogP contribution in [0.2, 0.25) is 0 Å². The van der Waals surface area contributed by atoms with Gasteiger partial charge >= 0.3 is 5.97 Å². The minimum atomic E-state index is -3.87. The predicted octanol–water partition coefficient (Wildman–Crippen LogP) is 2.74. The molecule has 19 heavy (non-hydrogen) atoms. The molecule has 1 atom stereocenters. The number of carboxylic acid groups (broad SMARTS) is 1. The van der Waals surface area contributed by atoms with Crippen LogP contribution in [0.1, 0.15) is 19.8 Å². The molecule has 5 nitrogen and oxygen atoms in total. The summed E-state index contributed by atoms with van der Waals surface area (Å²) in [6.45, 7) is 1.79. The van der Waals surface area contributed by atoms with Gasteiger partial charge in [0.1, 0.15) is 6.04 Å². The van der Waals surface area contributed by atoms with E-state index in [9.17, 15) is 13.2 Å². The van der Waals surface area contributed by atoms with Crippen LogP contribution in [0.25, 0.3) is 0 Å². The highest BCUT2D eigenvalue weighted by Crippen LogP contribution is 2.25. The van der Waals surface area contributed by atoms with E-state index in [4.69, 9.17) is 5.11 Å². The SMILES string of the molecule is CCCC(NS(=O)(=O)c1ccc(Br)cc1Br)C(=O)O. The molecule has 1 aromatic rings. The molecule has 2 N–H and O–H groups in total. The van der Waals surface area contributed by atoms with Crippen molar-refractivity contribution in [2.24, 2.45) is 0 Å². The Balaban J connectivity index is 3.06. The first kappa shape index (κ1) is 16.6. The molecule has 8 heteroatoms. The van der Waals surface area contributed by atoms with Crippen molar-refractivity contribution in [1.29, 1.82) is 0 Å². The van der Waals surface area contributed by atoms with E-state index in [1.54, 1.807) is 19.1 Å². The highest BCUT2D eigenvalue weighted by molar-refractivity contribution is 9.11. The van der Waals surface area contributed by atoms with Gasteiger partial charge in [0.15, 0.2) is 0 Å². The van der Waals surface area contributed by atoms with Gasteiger partial charge in [-0.05, 0) is 40.5 Å². The number of carbonyl (C=O) groups is 1. The maximum Gasteiger partial charge on any atom is 0.321 e. The van der Waals surface area contributed by atoms with Crippen LogP contribution in [0.5, 0.6) is 0 Å². The van der Waals surface area contributed by atoms with Gasteiger partial charge in [-0.15, -0.1) is 0 Å². The Morgan fingerprint density at radius 3 is 2.53 bits per heavy atom. The Labute approximate surface area is 128 Å². The van der Waals surface area contributed by atoms with Gasteiger partial charge in [0.2, 0.25) is 10.0 Å². The first-order chi connectivity index (χ1) is 8.77. The quantitative estimate of drug-likeness (QED) is 0.749. The maximum absolute atomic E-state index is 12.1. The first-order valence-corrected chi connectivity index (χ1v) is 8.55. The minimum Gasteiger partial charge on any atom is -0.480 e. The van der Waals surface area contributed by atoms with E-state index in [2.05, 4.69) is 36.6 Å². The molecule has 0 saturated heterocycles. The largest absolute Gasteiger partial charge is 0.480 e. The molecular weight excluding hydrogens is 402 g/mol. The van der Waals surface area contributed by atoms with Crippen LogP contribution in [0.15, 0.2) is 32.0 Å². The number of aliphatic carboxylic acids is 1. The Morgan fingerprint density at radius 1 is 1.42 bits per heavy atom. The standard InChI is InChI=1S/C11H13Br2NO4S/c1-2-3-9(11(15)16)14-19(17,18)10-5-4-7(12)6-8(10)13/h4-6,9,14H,2-3H2,1H3,(H,15,16). The van der Waals surface area contributed by atoms with Crippen LogP contribution in [0.4, 0.5) is 0 Å². The summed E-state index contributed by atoms with van der Waals surface area (Å²) in [4.78, 5) is 11.0. The third kappa shape index (κ3) is 4.55. The summed E-state index contributed by atoms with van der Waals surface area (Å²) >= 11 is 6.37. The summed E-state index contributed by atoms with van der Waals surface area (Å²) in [5.74, 6) is -1.18. The summed E-state index contributed by atoms with van der Waals surface area (Å²) < 4.78 is 27.6. The van der Waals surface area contributed by atoms with E-state index >= 15 is 0 Å². The fourth-order valence-corrected chi connectivity index (χ4v) is 4.43. The molecule has 0 aliphatic heterocycles. The summed E-state index contributed by atoms with van der Waals surface area (Å²) in [7, 11) is -3.87. The van der Waals surface area contributed by atoms with Gasteiger partial charge in [0, 0.05) is 8.95 Å². The third-order valence-electron chi connectivity index (χ3n) is 2.36. The molecule has 0 spiro atoms. The molecule has 0 aliphatic rings. The monoisotopic (exact) mass is 413 g/mol. The van der Waals surface area contributed by atoms with Gasteiger partial charge in [-0.1, -0.05) is 29.3 Å². The van der Waals surface area contributed by atoms with Gasteiger partial charge in [0.05, 0.1) is 4.90 Å². The first-order valence-electron chi connectivity index (χ1n) is 5.48. The average molecular weight is 415 g/mol. The number of sulfonamides is 1. The molecule has 0 saturated carbocycles. The van der Waals surface area contributed by atoms with E-state index < -0.39 is 22.0 Å². The number of carboxylic acids is 1. The minimum absolute atomic E-state index is 0.0121. The van der Waals surface area contributed by atoms with Gasteiger partial charge in [-0.25, -0.2) is 8.42 Å². The normalized spacial score (nSPS) is 13.2. The van der Waals surface area contributed by atoms with Crippen molar-refractivity contribution in [1.82, 2.24) is 4.72 Å². The molecule has 0 radical (unpaired) electrons. The van der Waals surface area contributed by atoms with Gasteiger partial charge in [0.25, 0.3) is 0 Å². The predicted molar refractivity (Wildman–Crippen MR) is 78.5 cm³/mol. The second-order valence-electron chi connectivity index (χ2n) is 3.88. The lowest BCUT2D eigenvalue weighted by atomic mass is 10.2. The molecule has 106 valence electrons. The Hall–Kier alpha value is -0.440. The van der Waals surface area contributed by atoms with Crippen LogP contribution in [-0.2, 0) is 14.8 Å². The number of nitrogens with one attached hydrogen (secondary N) is 1. The molecule has 0 bridgehead atoms. The fraction of sp³-hybridized carbons (Fsp3) is 0.364. The van der Waals surface area contributed by atoms with E-state index in [0.29, 0.717) is 10.9 Å². The van der Waals surface area contributed by atoms with Crippen molar-refractivity contribution in [2.45, 2.75) is 30.7 Å². The van der Waals surface area contributed by atoms with Crippen molar-refractivity contribution in [3.63, 3.8) is 0 Å². The number of halogens is 2. The van der Waals surface area contributed by atoms with Crippen LogP contribution in [0, 0.1) is 0 Å². The van der Waals surface area contributed by atoms with Crippen molar-refractivity contribution < 1.29 is 18.3 Å². The van der Waals surface area contributed by atoms with E-state index in [1.807, 2.05) is 0 Å². The molecule has 0 amide bonds. The van der Waals surface area contributed by atoms with Crippen molar-refractivity contribution in [3.05, 3.63) is 27.1 Å². The Bertz CT molecular complexity index is 574. The number of hydrogen-bond donors (Lipinski definition) is 2. The zero-order chi connectivity index (χ0) is 14.6. The summed E-state index contributed by atoms with van der Waals surface area (Å²) in [5.41, 5.74) is 0. The van der Waals surface area contributed by atoms with Gasteiger partial charge in [-0.3, -0.25) is 4.79 Å². The third-order valence-corrected chi connectivity index (χ3v) is 5.30.